The van der Waals surface area contributed by atoms with Crippen molar-refractivity contribution in [2.75, 3.05) is 26.7 Å². The molecule has 0 saturated heterocycles. The summed E-state index contributed by atoms with van der Waals surface area (Å²) in [4.78, 5) is 26.9. The van der Waals surface area contributed by atoms with Gasteiger partial charge in [-0.1, -0.05) is 38.5 Å². The van der Waals surface area contributed by atoms with Crippen LogP contribution in [0.2, 0.25) is 0 Å². The highest BCUT2D eigenvalue weighted by Crippen LogP contribution is 2.42. The van der Waals surface area contributed by atoms with Crippen LogP contribution in [0.5, 0.6) is 11.5 Å². The van der Waals surface area contributed by atoms with Gasteiger partial charge < -0.3 is 20.1 Å². The molecule has 312 valence electrons. The molecule has 4 saturated carbocycles. The van der Waals surface area contributed by atoms with Crippen molar-refractivity contribution in [2.45, 2.75) is 149 Å². The third kappa shape index (κ3) is 11.4. The van der Waals surface area contributed by atoms with E-state index < -0.39 is 23.5 Å². The zero-order valence-corrected chi connectivity index (χ0v) is 34.4. The number of hydrogen-bond donors (Lipinski definition) is 2. The quantitative estimate of drug-likeness (QED) is 0.111. The molecule has 6 nitrogen and oxygen atoms in total. The van der Waals surface area contributed by atoms with E-state index in [9.17, 15) is 35.9 Å². The second kappa shape index (κ2) is 20.0. The van der Waals surface area contributed by atoms with Gasteiger partial charge in [-0.05, 0) is 100.0 Å². The number of ketones is 2. The highest BCUT2D eigenvalue weighted by molar-refractivity contribution is 7.99. The Kier molecular flexibility index (Phi) is 16.0. The summed E-state index contributed by atoms with van der Waals surface area (Å²) in [7, 11) is 2.63. The predicted molar refractivity (Wildman–Crippen MR) is 210 cm³/mol. The highest BCUT2D eigenvalue weighted by atomic mass is 32.2. The molecule has 0 radical (unpaired) electrons. The molecule has 56 heavy (non-hydrogen) atoms. The Morgan fingerprint density at radius 3 is 1.25 bits per heavy atom. The van der Waals surface area contributed by atoms with Gasteiger partial charge in [0.05, 0.1) is 36.5 Å². The van der Waals surface area contributed by atoms with Crippen LogP contribution in [0.25, 0.3) is 0 Å². The van der Waals surface area contributed by atoms with Gasteiger partial charge in [-0.15, -0.1) is 23.5 Å². The molecule has 4 aliphatic rings. The number of thioether (sulfide) groups is 2. The largest absolute Gasteiger partial charge is 0.496 e. The van der Waals surface area contributed by atoms with Crippen LogP contribution in [-0.4, -0.2) is 62.5 Å². The molecule has 4 aliphatic carbocycles. The smallest absolute Gasteiger partial charge is 0.416 e. The van der Waals surface area contributed by atoms with Gasteiger partial charge >= 0.3 is 12.4 Å². The molecule has 2 aromatic carbocycles. The molecule has 0 aliphatic heterocycles. The van der Waals surface area contributed by atoms with Crippen molar-refractivity contribution in [3.8, 4) is 11.5 Å². The SMILES string of the molecule is COc1cc(C(F)(F)F)cc(SC)c1C(=O)C[C@@H]1CCC[C@@H]1NC1CCCC1.COc1cc(C(F)(F)F)cc(SC)c1C(=O)C[C@H]1CCC[C@H]1NC1CCCC1. The molecule has 0 spiro atoms. The fourth-order valence-electron chi connectivity index (χ4n) is 9.17. The van der Waals surface area contributed by atoms with Gasteiger partial charge in [0.15, 0.2) is 11.6 Å². The minimum Gasteiger partial charge on any atom is -0.496 e. The van der Waals surface area contributed by atoms with Crippen LogP contribution in [-0.2, 0) is 12.4 Å². The maximum Gasteiger partial charge on any atom is 0.416 e. The second-order valence-electron chi connectivity index (χ2n) is 15.7. The number of carbonyl (C=O) groups excluding carboxylic acids is 2. The van der Waals surface area contributed by atoms with Crippen LogP contribution in [0.1, 0.15) is 135 Å². The van der Waals surface area contributed by atoms with Crippen molar-refractivity contribution in [3.05, 3.63) is 46.5 Å². The number of alkyl halides is 6. The summed E-state index contributed by atoms with van der Waals surface area (Å²) in [6.07, 6.45) is 11.2. The van der Waals surface area contributed by atoms with Crippen LogP contribution in [0.15, 0.2) is 34.1 Å². The lowest BCUT2D eigenvalue weighted by molar-refractivity contribution is -0.138. The Balaban J connectivity index is 0.000000214. The number of nitrogens with one attached hydrogen (secondary N) is 2. The van der Waals surface area contributed by atoms with E-state index in [-0.39, 0.29) is 46.0 Å². The van der Waals surface area contributed by atoms with E-state index in [1.807, 2.05) is 0 Å². The van der Waals surface area contributed by atoms with E-state index >= 15 is 0 Å². The molecule has 0 amide bonds. The first-order valence-electron chi connectivity index (χ1n) is 19.9. The van der Waals surface area contributed by atoms with Gasteiger partial charge in [0.25, 0.3) is 0 Å². The van der Waals surface area contributed by atoms with Crippen molar-refractivity contribution >= 4 is 35.1 Å². The molecule has 14 heteroatoms. The summed E-state index contributed by atoms with van der Waals surface area (Å²) in [5, 5.41) is 7.47. The minimum absolute atomic E-state index is 0.0162. The molecule has 0 bridgehead atoms. The summed E-state index contributed by atoms with van der Waals surface area (Å²) in [5.74, 6) is 0.245. The lowest BCUT2D eigenvalue weighted by atomic mass is 9.92. The van der Waals surface area contributed by atoms with Gasteiger partial charge in [0, 0.05) is 46.8 Å². The first-order valence-corrected chi connectivity index (χ1v) is 22.4. The van der Waals surface area contributed by atoms with E-state index in [1.165, 1.54) is 65.6 Å². The van der Waals surface area contributed by atoms with Crippen molar-refractivity contribution in [2.24, 2.45) is 11.8 Å². The van der Waals surface area contributed by atoms with Gasteiger partial charge in [-0.2, -0.15) is 26.3 Å². The van der Waals surface area contributed by atoms with Crippen molar-refractivity contribution in [1.82, 2.24) is 10.6 Å². The molecule has 0 unspecified atom stereocenters. The number of methoxy groups -OCH3 is 2. The maximum atomic E-state index is 13.2. The molecule has 2 aromatic rings. The number of halogens is 6. The number of benzene rings is 2. The van der Waals surface area contributed by atoms with Crippen molar-refractivity contribution < 1.29 is 45.4 Å². The molecule has 4 atom stereocenters. The highest BCUT2D eigenvalue weighted by Gasteiger charge is 2.38. The summed E-state index contributed by atoms with van der Waals surface area (Å²) in [5.41, 5.74) is -0.997. The van der Waals surface area contributed by atoms with Crippen LogP contribution in [0.4, 0.5) is 26.3 Å². The number of ether oxygens (including phenoxy) is 2. The standard InChI is InChI=1S/2C21H28F3NO2S/c2*1-27-18-11-14(21(22,23)24)12-19(28-2)20(18)17(26)10-13-6-5-9-16(13)25-15-7-3-4-8-15/h2*11-13,15-16,25H,3-10H2,1-2H3/t2*13-,16-/m10/s1. The second-order valence-corrected chi connectivity index (χ2v) is 17.3. The average molecular weight is 831 g/mol. The molecule has 0 aromatic heterocycles. The van der Waals surface area contributed by atoms with E-state index in [1.54, 1.807) is 12.5 Å². The van der Waals surface area contributed by atoms with E-state index in [2.05, 4.69) is 10.6 Å². The lowest BCUT2D eigenvalue weighted by Crippen LogP contribution is -2.39. The van der Waals surface area contributed by atoms with Crippen molar-refractivity contribution in [1.29, 1.82) is 0 Å². The Morgan fingerprint density at radius 2 is 0.946 bits per heavy atom. The molecule has 4 fully saturated rings. The van der Waals surface area contributed by atoms with Crippen LogP contribution in [0.3, 0.4) is 0 Å². The molecular weight excluding hydrogens is 775 g/mol. The molecule has 0 heterocycles. The number of Topliss-reactive ketones (excluding diaryl/α,β-unsaturated/α-hetero) is 2. The molecular formula is C42H56F6N2O4S2. The monoisotopic (exact) mass is 830 g/mol. The summed E-state index contributed by atoms with van der Waals surface area (Å²) in [6, 6.07) is 5.74. The van der Waals surface area contributed by atoms with E-state index in [0.29, 0.717) is 46.8 Å². The lowest BCUT2D eigenvalue weighted by Gasteiger charge is -2.25. The van der Waals surface area contributed by atoms with Gasteiger partial charge in [0.1, 0.15) is 11.5 Å². The zero-order valence-electron chi connectivity index (χ0n) is 32.8. The van der Waals surface area contributed by atoms with E-state index in [4.69, 9.17) is 9.47 Å². The summed E-state index contributed by atoms with van der Waals surface area (Å²) < 4.78 is 89.4. The van der Waals surface area contributed by atoms with Crippen LogP contribution < -0.4 is 20.1 Å². The first-order chi connectivity index (χ1) is 26.7. The van der Waals surface area contributed by atoms with Gasteiger partial charge in [-0.3, -0.25) is 9.59 Å². The maximum absolute atomic E-state index is 13.2. The minimum atomic E-state index is -4.47. The third-order valence-corrected chi connectivity index (χ3v) is 13.6. The van der Waals surface area contributed by atoms with Crippen LogP contribution in [0, 0.1) is 11.8 Å². The first kappa shape index (κ1) is 44.7. The molecule has 2 N–H and O–H groups in total. The van der Waals surface area contributed by atoms with Gasteiger partial charge in [-0.25, -0.2) is 0 Å². The predicted octanol–water partition coefficient (Wildman–Crippen LogP) is 11.4. The summed E-state index contributed by atoms with van der Waals surface area (Å²) in [6.45, 7) is 0. The Labute approximate surface area is 335 Å². The van der Waals surface area contributed by atoms with Crippen molar-refractivity contribution in [3.63, 3.8) is 0 Å². The molecule has 6 rings (SSSR count). The average Bonchev–Trinajstić information content (AvgIpc) is 4.01. The topological polar surface area (TPSA) is 76.7 Å². The summed E-state index contributed by atoms with van der Waals surface area (Å²) >= 11 is 2.30. The zero-order chi connectivity index (χ0) is 40.6. The Hall–Kier alpha value is -2.42. The number of hydrogen-bond acceptors (Lipinski definition) is 8. The van der Waals surface area contributed by atoms with Crippen LogP contribution >= 0.6 is 23.5 Å². The van der Waals surface area contributed by atoms with Gasteiger partial charge in [0.2, 0.25) is 0 Å². The van der Waals surface area contributed by atoms with E-state index in [0.717, 1.165) is 86.3 Å². The third-order valence-electron chi connectivity index (χ3n) is 12.0. The number of carbonyl (C=O) groups is 2. The fraction of sp³-hybridized carbons (Fsp3) is 0.667. The Morgan fingerprint density at radius 1 is 0.589 bits per heavy atom. The fourth-order valence-corrected chi connectivity index (χ4v) is 10.5. The normalized spacial score (nSPS) is 23.3. The number of rotatable bonds is 14. The Bertz CT molecular complexity index is 1470.